The van der Waals surface area contributed by atoms with Crippen LogP contribution >= 0.6 is 0 Å². The van der Waals surface area contributed by atoms with Crippen molar-refractivity contribution in [2.75, 3.05) is 52.5 Å². The second-order valence-electron chi connectivity index (χ2n) is 6.68. The predicted octanol–water partition coefficient (Wildman–Crippen LogP) is 0.987. The van der Waals surface area contributed by atoms with E-state index in [1.54, 1.807) is 0 Å². The first-order valence-corrected chi connectivity index (χ1v) is 9.16. The van der Waals surface area contributed by atoms with Crippen LogP contribution in [0, 0.1) is 5.92 Å². The molecule has 2 saturated heterocycles. The molecule has 0 unspecified atom stereocenters. The van der Waals surface area contributed by atoms with E-state index < -0.39 is 0 Å². The van der Waals surface area contributed by atoms with Gasteiger partial charge in [-0.2, -0.15) is 0 Å². The Labute approximate surface area is 149 Å². The number of carbonyl (C=O) groups excluding carboxylic acids is 2. The Hall–Kier alpha value is -1.92. The maximum Gasteiger partial charge on any atom is 0.253 e. The Morgan fingerprint density at radius 3 is 2.40 bits per heavy atom. The largest absolute Gasteiger partial charge is 0.379 e. The van der Waals surface area contributed by atoms with Gasteiger partial charge in [-0.1, -0.05) is 18.2 Å². The average Bonchev–Trinajstić information content (AvgIpc) is 2.69. The van der Waals surface area contributed by atoms with Gasteiger partial charge >= 0.3 is 0 Å². The van der Waals surface area contributed by atoms with Crippen molar-refractivity contribution in [3.63, 3.8) is 0 Å². The Morgan fingerprint density at radius 1 is 1.04 bits per heavy atom. The number of piperidine rings is 1. The second kappa shape index (κ2) is 8.97. The van der Waals surface area contributed by atoms with E-state index in [4.69, 9.17) is 4.74 Å². The summed E-state index contributed by atoms with van der Waals surface area (Å²) < 4.78 is 5.32. The van der Waals surface area contributed by atoms with Crippen molar-refractivity contribution in [2.24, 2.45) is 5.92 Å². The van der Waals surface area contributed by atoms with Gasteiger partial charge in [0.05, 0.1) is 13.2 Å². The highest BCUT2D eigenvalue weighted by molar-refractivity contribution is 5.94. The third kappa shape index (κ3) is 5.03. The molecule has 2 aliphatic heterocycles. The molecule has 2 aliphatic rings. The number of nitrogens with one attached hydrogen (secondary N) is 1. The highest BCUT2D eigenvalue weighted by Crippen LogP contribution is 2.19. The van der Waals surface area contributed by atoms with Gasteiger partial charge in [-0.3, -0.25) is 14.5 Å². The van der Waals surface area contributed by atoms with Crippen molar-refractivity contribution in [3.8, 4) is 0 Å². The zero-order valence-corrected chi connectivity index (χ0v) is 14.7. The number of rotatable bonds is 5. The molecule has 1 N–H and O–H groups in total. The van der Waals surface area contributed by atoms with E-state index in [1.807, 2.05) is 35.2 Å². The zero-order valence-electron chi connectivity index (χ0n) is 14.7. The van der Waals surface area contributed by atoms with Gasteiger partial charge in [0.15, 0.2) is 0 Å². The number of benzene rings is 1. The Bertz CT molecular complexity index is 565. The van der Waals surface area contributed by atoms with E-state index in [0.717, 1.165) is 51.3 Å². The lowest BCUT2D eigenvalue weighted by molar-refractivity contribution is -0.126. The summed E-state index contributed by atoms with van der Waals surface area (Å²) in [6.07, 6.45) is 1.48. The van der Waals surface area contributed by atoms with Gasteiger partial charge in [0.1, 0.15) is 0 Å². The number of carbonyl (C=O) groups is 2. The van der Waals surface area contributed by atoms with Gasteiger partial charge in [-0.05, 0) is 25.0 Å². The normalized spacial score (nSPS) is 19.6. The van der Waals surface area contributed by atoms with Gasteiger partial charge in [0.25, 0.3) is 5.91 Å². The van der Waals surface area contributed by atoms with Crippen LogP contribution in [0.25, 0.3) is 0 Å². The summed E-state index contributed by atoms with van der Waals surface area (Å²) in [5.74, 6) is 0.205. The molecule has 3 rings (SSSR count). The fraction of sp³-hybridized carbons (Fsp3) is 0.579. The number of morpholine rings is 1. The van der Waals surface area contributed by atoms with Gasteiger partial charge in [-0.25, -0.2) is 0 Å². The molecule has 1 aromatic rings. The maximum atomic E-state index is 12.4. The van der Waals surface area contributed by atoms with Crippen LogP contribution in [-0.4, -0.2) is 74.1 Å². The monoisotopic (exact) mass is 345 g/mol. The van der Waals surface area contributed by atoms with Crippen LogP contribution in [0.4, 0.5) is 0 Å². The number of nitrogens with zero attached hydrogens (tertiary/aromatic N) is 2. The molecule has 2 amide bonds. The van der Waals surface area contributed by atoms with Crippen LogP contribution in [0.1, 0.15) is 23.2 Å². The van der Waals surface area contributed by atoms with Crippen LogP contribution in [-0.2, 0) is 9.53 Å². The van der Waals surface area contributed by atoms with Gasteiger partial charge in [-0.15, -0.1) is 0 Å². The molecule has 0 spiro atoms. The predicted molar refractivity (Wildman–Crippen MR) is 95.3 cm³/mol. The molecule has 6 nitrogen and oxygen atoms in total. The molecule has 0 atom stereocenters. The Kier molecular flexibility index (Phi) is 6.42. The maximum absolute atomic E-state index is 12.4. The highest BCUT2D eigenvalue weighted by Gasteiger charge is 2.27. The summed E-state index contributed by atoms with van der Waals surface area (Å²) in [6.45, 7) is 6.29. The Balaban J connectivity index is 1.38. The van der Waals surface area contributed by atoms with Crippen LogP contribution in [0.5, 0.6) is 0 Å². The molecule has 0 saturated carbocycles. The number of likely N-dealkylation sites (tertiary alicyclic amines) is 1. The van der Waals surface area contributed by atoms with Crippen molar-refractivity contribution in [1.29, 1.82) is 0 Å². The quantitative estimate of drug-likeness (QED) is 0.864. The average molecular weight is 345 g/mol. The molecule has 6 heteroatoms. The van der Waals surface area contributed by atoms with Crippen molar-refractivity contribution in [1.82, 2.24) is 15.1 Å². The fourth-order valence-electron chi connectivity index (χ4n) is 3.41. The standard InChI is InChI=1S/C19H27N3O3/c23-18(20-8-11-21-12-14-25-15-13-21)16-6-9-22(10-7-16)19(24)17-4-2-1-3-5-17/h1-5,16H,6-15H2,(H,20,23). The van der Waals surface area contributed by atoms with E-state index >= 15 is 0 Å². The SMILES string of the molecule is O=C(NCCN1CCOCC1)C1CCN(C(=O)c2ccccc2)CC1. The highest BCUT2D eigenvalue weighted by atomic mass is 16.5. The molecule has 0 aromatic heterocycles. The van der Waals surface area contributed by atoms with Crippen LogP contribution < -0.4 is 5.32 Å². The van der Waals surface area contributed by atoms with Gasteiger partial charge < -0.3 is 15.0 Å². The van der Waals surface area contributed by atoms with Gasteiger partial charge in [0, 0.05) is 50.7 Å². The van der Waals surface area contributed by atoms with E-state index in [1.165, 1.54) is 0 Å². The summed E-state index contributed by atoms with van der Waals surface area (Å²) >= 11 is 0. The fourth-order valence-corrected chi connectivity index (χ4v) is 3.41. The molecule has 2 heterocycles. The van der Waals surface area contributed by atoms with Crippen molar-refractivity contribution < 1.29 is 14.3 Å². The molecule has 0 radical (unpaired) electrons. The first-order valence-electron chi connectivity index (χ1n) is 9.16. The minimum Gasteiger partial charge on any atom is -0.379 e. The molecule has 2 fully saturated rings. The number of hydrogen-bond acceptors (Lipinski definition) is 4. The molecular formula is C19H27N3O3. The van der Waals surface area contributed by atoms with E-state index in [0.29, 0.717) is 19.6 Å². The smallest absolute Gasteiger partial charge is 0.253 e. The molecule has 0 aliphatic carbocycles. The van der Waals surface area contributed by atoms with Gasteiger partial charge in [0.2, 0.25) is 5.91 Å². The van der Waals surface area contributed by atoms with E-state index in [9.17, 15) is 9.59 Å². The van der Waals surface area contributed by atoms with Crippen molar-refractivity contribution in [3.05, 3.63) is 35.9 Å². The molecule has 25 heavy (non-hydrogen) atoms. The minimum absolute atomic E-state index is 0.0181. The molecule has 136 valence electrons. The topological polar surface area (TPSA) is 61.9 Å². The van der Waals surface area contributed by atoms with Crippen LogP contribution in [0.15, 0.2) is 30.3 Å². The zero-order chi connectivity index (χ0) is 17.5. The minimum atomic E-state index is 0.0181. The second-order valence-corrected chi connectivity index (χ2v) is 6.68. The Morgan fingerprint density at radius 2 is 1.72 bits per heavy atom. The van der Waals surface area contributed by atoms with Crippen molar-refractivity contribution >= 4 is 11.8 Å². The van der Waals surface area contributed by atoms with Crippen LogP contribution in [0.2, 0.25) is 0 Å². The molecular weight excluding hydrogens is 318 g/mol. The summed E-state index contributed by atoms with van der Waals surface area (Å²) in [5, 5.41) is 3.05. The van der Waals surface area contributed by atoms with Crippen LogP contribution in [0.3, 0.4) is 0 Å². The number of amides is 2. The summed E-state index contributed by atoms with van der Waals surface area (Å²) in [6, 6.07) is 9.34. The lowest BCUT2D eigenvalue weighted by Gasteiger charge is -2.32. The van der Waals surface area contributed by atoms with E-state index in [-0.39, 0.29) is 17.7 Å². The summed E-state index contributed by atoms with van der Waals surface area (Å²) in [4.78, 5) is 28.9. The van der Waals surface area contributed by atoms with Crippen molar-refractivity contribution in [2.45, 2.75) is 12.8 Å². The first-order chi connectivity index (χ1) is 12.2. The summed E-state index contributed by atoms with van der Waals surface area (Å²) in [7, 11) is 0. The third-order valence-corrected chi connectivity index (χ3v) is 5.00. The lowest BCUT2D eigenvalue weighted by atomic mass is 9.95. The third-order valence-electron chi connectivity index (χ3n) is 5.00. The molecule has 1 aromatic carbocycles. The first kappa shape index (κ1) is 17.9. The number of ether oxygens (including phenoxy) is 1. The summed E-state index contributed by atoms with van der Waals surface area (Å²) in [5.41, 5.74) is 0.718. The molecule has 0 bridgehead atoms. The lowest BCUT2D eigenvalue weighted by Crippen LogP contribution is -2.45. The van der Waals surface area contributed by atoms with E-state index in [2.05, 4.69) is 10.2 Å². The number of hydrogen-bond donors (Lipinski definition) is 1.